The molecule has 0 spiro atoms. The molecular weight excluding hydrogens is 305 g/mol. The maximum absolute atomic E-state index is 14.1. The number of benzene rings is 1. The lowest BCUT2D eigenvalue weighted by Crippen LogP contribution is -2.39. The lowest BCUT2D eigenvalue weighted by atomic mass is 9.86. The summed E-state index contributed by atoms with van der Waals surface area (Å²) in [6, 6.07) is 4.73. The van der Waals surface area contributed by atoms with Crippen LogP contribution in [0.25, 0.3) is 11.2 Å². The molecule has 1 unspecified atom stereocenters. The van der Waals surface area contributed by atoms with E-state index in [1.165, 1.54) is 0 Å². The minimum Gasteiger partial charge on any atom is -0.326 e. The fourth-order valence-electron chi connectivity index (χ4n) is 3.22. The highest BCUT2D eigenvalue weighted by atomic mass is 19.2. The van der Waals surface area contributed by atoms with E-state index in [1.54, 1.807) is 6.20 Å². The van der Waals surface area contributed by atoms with Gasteiger partial charge in [0.1, 0.15) is 11.6 Å². The van der Waals surface area contributed by atoms with Crippen molar-refractivity contribution in [2.24, 2.45) is 5.73 Å². The number of hydrogen-bond donors (Lipinski definition) is 1. The van der Waals surface area contributed by atoms with E-state index in [9.17, 15) is 13.2 Å². The summed E-state index contributed by atoms with van der Waals surface area (Å²) in [5.74, 6) is -2.81. The van der Waals surface area contributed by atoms with E-state index in [4.69, 9.17) is 5.73 Å². The van der Waals surface area contributed by atoms with Crippen LogP contribution in [-0.4, -0.2) is 20.6 Å². The molecule has 0 saturated carbocycles. The summed E-state index contributed by atoms with van der Waals surface area (Å²) in [4.78, 5) is 8.63. The molecule has 1 aliphatic rings. The summed E-state index contributed by atoms with van der Waals surface area (Å²) in [5.41, 5.74) is 7.73. The van der Waals surface area contributed by atoms with Crippen LogP contribution in [0.4, 0.5) is 13.2 Å². The van der Waals surface area contributed by atoms with E-state index in [1.807, 2.05) is 16.7 Å². The van der Waals surface area contributed by atoms with Gasteiger partial charge < -0.3 is 10.3 Å². The molecule has 0 saturated heterocycles. The first-order valence-electron chi connectivity index (χ1n) is 7.24. The number of rotatable bonds is 1. The molecule has 3 aromatic rings. The number of pyridine rings is 1. The molecule has 3 heterocycles. The standard InChI is InChI=1S/C16H13F3N4/c17-10-6-12(19)11(18)4-8(10)9-5-15-22-16-14(2-1-3-21-16)23(15)7-13(9)20/h1-4,6,9,13H,5,7,20H2/t9?,13-/m0/s1. The summed E-state index contributed by atoms with van der Waals surface area (Å²) in [5, 5.41) is 0. The fraction of sp³-hybridized carbons (Fsp3) is 0.250. The Morgan fingerprint density at radius 3 is 2.74 bits per heavy atom. The van der Waals surface area contributed by atoms with Crippen molar-refractivity contribution in [2.75, 3.05) is 0 Å². The largest absolute Gasteiger partial charge is 0.326 e. The van der Waals surface area contributed by atoms with Crippen molar-refractivity contribution in [3.8, 4) is 0 Å². The molecule has 7 heteroatoms. The van der Waals surface area contributed by atoms with E-state index in [0.717, 1.165) is 17.4 Å². The van der Waals surface area contributed by atoms with Gasteiger partial charge in [0.25, 0.3) is 0 Å². The predicted molar refractivity (Wildman–Crippen MR) is 78.3 cm³/mol. The number of hydrogen-bond acceptors (Lipinski definition) is 3. The van der Waals surface area contributed by atoms with Crippen molar-refractivity contribution in [1.29, 1.82) is 0 Å². The molecule has 4 rings (SSSR count). The van der Waals surface area contributed by atoms with Gasteiger partial charge in [-0.25, -0.2) is 23.1 Å². The highest BCUT2D eigenvalue weighted by molar-refractivity contribution is 5.71. The van der Waals surface area contributed by atoms with Crippen LogP contribution in [0.3, 0.4) is 0 Å². The van der Waals surface area contributed by atoms with Gasteiger partial charge in [-0.1, -0.05) is 0 Å². The second-order valence-electron chi connectivity index (χ2n) is 5.75. The first-order chi connectivity index (χ1) is 11.0. The Balaban J connectivity index is 1.79. The molecule has 4 nitrogen and oxygen atoms in total. The second kappa shape index (κ2) is 5.06. The zero-order valence-electron chi connectivity index (χ0n) is 12.0. The van der Waals surface area contributed by atoms with Crippen LogP contribution in [0.15, 0.2) is 30.5 Å². The quantitative estimate of drug-likeness (QED) is 0.702. The Morgan fingerprint density at radius 2 is 1.91 bits per heavy atom. The van der Waals surface area contributed by atoms with E-state index in [0.29, 0.717) is 24.7 Å². The van der Waals surface area contributed by atoms with Crippen LogP contribution in [0.5, 0.6) is 0 Å². The van der Waals surface area contributed by atoms with Gasteiger partial charge in [-0.2, -0.15) is 0 Å². The molecule has 118 valence electrons. The summed E-state index contributed by atoms with van der Waals surface area (Å²) >= 11 is 0. The summed E-state index contributed by atoms with van der Waals surface area (Å²) in [6.45, 7) is 0.417. The van der Waals surface area contributed by atoms with Crippen LogP contribution in [0.2, 0.25) is 0 Å². The summed E-state index contributed by atoms with van der Waals surface area (Å²) in [7, 11) is 0. The van der Waals surface area contributed by atoms with Gasteiger partial charge in [0.2, 0.25) is 0 Å². The van der Waals surface area contributed by atoms with E-state index < -0.39 is 29.4 Å². The van der Waals surface area contributed by atoms with Crippen LogP contribution < -0.4 is 5.73 Å². The van der Waals surface area contributed by atoms with Gasteiger partial charge in [-0.3, -0.25) is 0 Å². The molecule has 2 N–H and O–H groups in total. The molecule has 0 fully saturated rings. The van der Waals surface area contributed by atoms with Crippen molar-refractivity contribution in [3.05, 3.63) is 59.3 Å². The van der Waals surface area contributed by atoms with E-state index in [2.05, 4.69) is 9.97 Å². The third-order valence-electron chi connectivity index (χ3n) is 4.36. The molecule has 0 amide bonds. The number of nitrogens with zero attached hydrogens (tertiary/aromatic N) is 3. The first-order valence-corrected chi connectivity index (χ1v) is 7.24. The Morgan fingerprint density at radius 1 is 1.13 bits per heavy atom. The van der Waals surface area contributed by atoms with Crippen LogP contribution in [0, 0.1) is 17.5 Å². The molecule has 0 aliphatic carbocycles. The van der Waals surface area contributed by atoms with Crippen molar-refractivity contribution >= 4 is 11.2 Å². The minimum atomic E-state index is -1.20. The zero-order valence-corrected chi connectivity index (χ0v) is 12.0. The van der Waals surface area contributed by atoms with Crippen LogP contribution in [-0.2, 0) is 13.0 Å². The maximum atomic E-state index is 14.1. The number of aromatic nitrogens is 3. The average Bonchev–Trinajstić information content (AvgIpc) is 2.88. The van der Waals surface area contributed by atoms with Crippen LogP contribution in [0.1, 0.15) is 17.3 Å². The van der Waals surface area contributed by atoms with E-state index in [-0.39, 0.29) is 5.56 Å². The Hall–Kier alpha value is -2.41. The first kappa shape index (κ1) is 14.2. The normalized spacial score (nSPS) is 20.7. The van der Waals surface area contributed by atoms with Gasteiger partial charge in [0, 0.05) is 37.2 Å². The molecule has 1 aliphatic heterocycles. The Kier molecular flexibility index (Phi) is 3.12. The number of fused-ring (bicyclic) bond motifs is 3. The van der Waals surface area contributed by atoms with Gasteiger partial charge >= 0.3 is 0 Å². The highest BCUT2D eigenvalue weighted by Gasteiger charge is 2.32. The second-order valence-corrected chi connectivity index (χ2v) is 5.75. The minimum absolute atomic E-state index is 0.0858. The Bertz CT molecular complexity index is 906. The lowest BCUT2D eigenvalue weighted by Gasteiger charge is -2.30. The topological polar surface area (TPSA) is 56.7 Å². The van der Waals surface area contributed by atoms with Crippen molar-refractivity contribution < 1.29 is 13.2 Å². The van der Waals surface area contributed by atoms with Crippen LogP contribution >= 0.6 is 0 Å². The van der Waals surface area contributed by atoms with Gasteiger partial charge in [0.05, 0.1) is 5.52 Å². The maximum Gasteiger partial charge on any atom is 0.177 e. The van der Waals surface area contributed by atoms with E-state index >= 15 is 0 Å². The molecule has 2 aromatic heterocycles. The third kappa shape index (κ3) is 2.19. The molecule has 2 atom stereocenters. The highest BCUT2D eigenvalue weighted by Crippen LogP contribution is 2.33. The van der Waals surface area contributed by atoms with Crippen molar-refractivity contribution in [3.63, 3.8) is 0 Å². The monoisotopic (exact) mass is 318 g/mol. The lowest BCUT2D eigenvalue weighted by molar-refractivity contribution is 0.392. The van der Waals surface area contributed by atoms with Gasteiger partial charge in [0.15, 0.2) is 17.3 Å². The molecule has 23 heavy (non-hydrogen) atoms. The smallest absolute Gasteiger partial charge is 0.177 e. The molecule has 0 bridgehead atoms. The number of imidazole rings is 1. The Labute approximate surface area is 129 Å². The van der Waals surface area contributed by atoms with Crippen molar-refractivity contribution in [2.45, 2.75) is 24.9 Å². The predicted octanol–water partition coefficient (Wildman–Crippen LogP) is 2.52. The molecule has 0 radical (unpaired) electrons. The number of halogens is 3. The number of nitrogens with two attached hydrogens (primary N) is 1. The average molecular weight is 318 g/mol. The summed E-state index contributed by atoms with van der Waals surface area (Å²) in [6.07, 6.45) is 1.99. The third-order valence-corrected chi connectivity index (χ3v) is 4.36. The molecular formula is C16H13F3N4. The van der Waals surface area contributed by atoms with Crippen molar-refractivity contribution in [1.82, 2.24) is 14.5 Å². The SMILES string of the molecule is N[C@H]1Cn2c(nc3ncccc32)CC1c1cc(F)c(F)cc1F. The zero-order chi connectivity index (χ0) is 16.1. The van der Waals surface area contributed by atoms with Gasteiger partial charge in [-0.15, -0.1) is 0 Å². The molecule has 1 aromatic carbocycles. The summed E-state index contributed by atoms with van der Waals surface area (Å²) < 4.78 is 42.6. The fourth-order valence-corrected chi connectivity index (χ4v) is 3.22. The van der Waals surface area contributed by atoms with Gasteiger partial charge in [-0.05, 0) is 23.8 Å².